The molecule has 0 spiro atoms. The quantitative estimate of drug-likeness (QED) is 0.753. The average molecular weight is 322 g/mol. The van der Waals surface area contributed by atoms with Crippen LogP contribution in [0.25, 0.3) is 10.1 Å². The molecule has 110 valence electrons. The molecule has 3 nitrogen and oxygen atoms in total. The number of hydrogen-bond acceptors (Lipinski definition) is 4. The van der Waals surface area contributed by atoms with Crippen LogP contribution in [-0.2, 0) is 6.54 Å². The predicted molar refractivity (Wildman–Crippen MR) is 87.5 cm³/mol. The van der Waals surface area contributed by atoms with Gasteiger partial charge in [0, 0.05) is 12.0 Å². The topological polar surface area (TPSA) is 34.4 Å². The molecule has 0 fully saturated rings. The maximum atomic E-state index is 6.30. The van der Waals surface area contributed by atoms with E-state index in [1.165, 1.54) is 15.6 Å². The van der Waals surface area contributed by atoms with Crippen LogP contribution in [0.5, 0.6) is 5.75 Å². The summed E-state index contributed by atoms with van der Waals surface area (Å²) in [4.78, 5) is 0. The fraction of sp³-hybridized carbons (Fsp3) is 0.250. The number of halogens is 1. The molecule has 4 rings (SSSR count). The fourth-order valence-corrected chi connectivity index (χ4v) is 3.56. The molecule has 0 saturated carbocycles. The summed E-state index contributed by atoms with van der Waals surface area (Å²) in [6.07, 6.45) is 2.76. The highest BCUT2D eigenvalue weighted by Gasteiger charge is 2.23. The second-order valence-corrected chi connectivity index (χ2v) is 5.88. The van der Waals surface area contributed by atoms with Crippen LogP contribution in [0.3, 0.4) is 0 Å². The van der Waals surface area contributed by atoms with Crippen LogP contribution < -0.4 is 10.1 Å². The van der Waals surface area contributed by atoms with Gasteiger partial charge in [-0.3, -0.25) is 0 Å². The summed E-state index contributed by atoms with van der Waals surface area (Å²) in [6.45, 7) is 1.72. The minimum absolute atomic E-state index is 0. The first kappa shape index (κ1) is 14.4. The largest absolute Gasteiger partial charge is 0.484 e. The number of benzene rings is 1. The summed E-state index contributed by atoms with van der Waals surface area (Å²) in [6, 6.07) is 10.4. The normalized spacial score (nSPS) is 17.8. The lowest BCUT2D eigenvalue weighted by atomic mass is 10.1. The molecule has 1 aliphatic heterocycles. The number of nitrogens with one attached hydrogen (secondary N) is 1. The van der Waals surface area contributed by atoms with Crippen LogP contribution >= 0.6 is 23.7 Å². The van der Waals surface area contributed by atoms with Crippen molar-refractivity contribution in [3.63, 3.8) is 0 Å². The van der Waals surface area contributed by atoms with E-state index in [1.807, 2.05) is 6.07 Å². The van der Waals surface area contributed by atoms with Crippen molar-refractivity contribution >= 4 is 33.8 Å². The van der Waals surface area contributed by atoms with E-state index in [9.17, 15) is 0 Å². The molecule has 1 atom stereocenters. The Labute approximate surface area is 133 Å². The summed E-state index contributed by atoms with van der Waals surface area (Å²) in [5.74, 6) is 1.96. The van der Waals surface area contributed by atoms with Gasteiger partial charge >= 0.3 is 0 Å². The number of thiophene rings is 1. The molecule has 0 amide bonds. The van der Waals surface area contributed by atoms with E-state index in [0.717, 1.165) is 31.0 Å². The van der Waals surface area contributed by atoms with Gasteiger partial charge in [-0.2, -0.15) is 0 Å². The Bertz CT molecular complexity index is 737. The minimum Gasteiger partial charge on any atom is -0.484 e. The molecule has 3 heterocycles. The SMILES string of the molecule is Cl.c1cc(OC2CCNCc3occc32)c2sccc2c1. The van der Waals surface area contributed by atoms with Crippen molar-refractivity contribution in [1.29, 1.82) is 0 Å². The maximum absolute atomic E-state index is 6.30. The number of furan rings is 1. The smallest absolute Gasteiger partial charge is 0.138 e. The molecule has 3 aromatic rings. The monoisotopic (exact) mass is 321 g/mol. The van der Waals surface area contributed by atoms with Crippen LogP contribution in [-0.4, -0.2) is 6.54 Å². The number of hydrogen-bond donors (Lipinski definition) is 1. The van der Waals surface area contributed by atoms with Gasteiger partial charge in [0.2, 0.25) is 0 Å². The molecular weight excluding hydrogens is 306 g/mol. The van der Waals surface area contributed by atoms with Gasteiger partial charge in [0.1, 0.15) is 17.6 Å². The zero-order valence-electron chi connectivity index (χ0n) is 11.4. The lowest BCUT2D eigenvalue weighted by molar-refractivity contribution is 0.200. The Hall–Kier alpha value is -1.49. The number of fused-ring (bicyclic) bond motifs is 2. The molecule has 0 aliphatic carbocycles. The van der Waals surface area contributed by atoms with E-state index in [0.29, 0.717) is 0 Å². The van der Waals surface area contributed by atoms with Crippen LogP contribution in [0.1, 0.15) is 23.8 Å². The van der Waals surface area contributed by atoms with Gasteiger partial charge in [0.25, 0.3) is 0 Å². The molecule has 1 aromatic carbocycles. The van der Waals surface area contributed by atoms with Gasteiger partial charge in [0.05, 0.1) is 17.5 Å². The Balaban J connectivity index is 0.00000132. The minimum atomic E-state index is 0. The molecule has 0 radical (unpaired) electrons. The summed E-state index contributed by atoms with van der Waals surface area (Å²) >= 11 is 1.73. The van der Waals surface area contributed by atoms with Crippen molar-refractivity contribution in [3.05, 3.63) is 53.3 Å². The zero-order chi connectivity index (χ0) is 13.4. The van der Waals surface area contributed by atoms with Gasteiger partial charge in [-0.1, -0.05) is 12.1 Å². The van der Waals surface area contributed by atoms with Gasteiger partial charge in [-0.05, 0) is 35.5 Å². The zero-order valence-corrected chi connectivity index (χ0v) is 13.0. The molecule has 1 unspecified atom stereocenters. The fourth-order valence-electron chi connectivity index (χ4n) is 2.71. The van der Waals surface area contributed by atoms with Gasteiger partial charge < -0.3 is 14.5 Å². The molecule has 1 aliphatic rings. The van der Waals surface area contributed by atoms with E-state index in [-0.39, 0.29) is 18.5 Å². The molecule has 5 heteroatoms. The first-order valence-corrected chi connectivity index (χ1v) is 7.69. The van der Waals surface area contributed by atoms with Crippen LogP contribution in [0.15, 0.2) is 46.4 Å². The molecule has 0 saturated heterocycles. The maximum Gasteiger partial charge on any atom is 0.138 e. The van der Waals surface area contributed by atoms with Gasteiger partial charge in [-0.25, -0.2) is 0 Å². The highest BCUT2D eigenvalue weighted by Crippen LogP contribution is 2.35. The number of ether oxygens (including phenoxy) is 1. The Morgan fingerprint density at radius 3 is 3.14 bits per heavy atom. The van der Waals surface area contributed by atoms with E-state index < -0.39 is 0 Å². The highest BCUT2D eigenvalue weighted by atomic mass is 35.5. The molecular formula is C16H16ClNO2S. The lowest BCUT2D eigenvalue weighted by Crippen LogP contribution is -2.14. The van der Waals surface area contributed by atoms with Crippen LogP contribution in [0.2, 0.25) is 0 Å². The van der Waals surface area contributed by atoms with E-state index in [1.54, 1.807) is 17.6 Å². The summed E-state index contributed by atoms with van der Waals surface area (Å²) in [7, 11) is 0. The Morgan fingerprint density at radius 1 is 1.24 bits per heavy atom. The van der Waals surface area contributed by atoms with Crippen molar-refractivity contribution in [2.45, 2.75) is 19.1 Å². The van der Waals surface area contributed by atoms with Gasteiger partial charge in [-0.15, -0.1) is 23.7 Å². The van der Waals surface area contributed by atoms with E-state index >= 15 is 0 Å². The van der Waals surface area contributed by atoms with Crippen molar-refractivity contribution in [3.8, 4) is 5.75 Å². The molecule has 0 bridgehead atoms. The van der Waals surface area contributed by atoms with Gasteiger partial charge in [0.15, 0.2) is 0 Å². The second-order valence-electron chi connectivity index (χ2n) is 4.97. The van der Waals surface area contributed by atoms with Crippen molar-refractivity contribution in [2.24, 2.45) is 0 Å². The standard InChI is InChI=1S/C16H15NO2S.ClH/c1-2-11-6-9-20-16(11)14(3-1)19-13-4-7-17-10-15-12(13)5-8-18-15;/h1-3,5-6,8-9,13,17H,4,7,10H2;1H. The first-order valence-electron chi connectivity index (χ1n) is 6.82. The molecule has 21 heavy (non-hydrogen) atoms. The van der Waals surface area contributed by atoms with Crippen LogP contribution in [0.4, 0.5) is 0 Å². The second kappa shape index (κ2) is 6.10. The van der Waals surface area contributed by atoms with Crippen molar-refractivity contribution < 1.29 is 9.15 Å². The summed E-state index contributed by atoms with van der Waals surface area (Å²) in [5, 5.41) is 6.72. The third-order valence-electron chi connectivity index (χ3n) is 3.71. The number of rotatable bonds is 2. The third-order valence-corrected chi connectivity index (χ3v) is 4.65. The molecule has 1 N–H and O–H groups in total. The average Bonchev–Trinajstić information content (AvgIpc) is 3.08. The lowest BCUT2D eigenvalue weighted by Gasteiger charge is -2.17. The third kappa shape index (κ3) is 2.67. The summed E-state index contributed by atoms with van der Waals surface area (Å²) < 4.78 is 13.1. The van der Waals surface area contributed by atoms with Crippen LogP contribution in [0, 0.1) is 0 Å². The summed E-state index contributed by atoms with van der Waals surface area (Å²) in [5.41, 5.74) is 1.17. The first-order chi connectivity index (χ1) is 9.92. The predicted octanol–water partition coefficient (Wildman–Crippen LogP) is 4.53. The van der Waals surface area contributed by atoms with E-state index in [2.05, 4.69) is 35.0 Å². The molecule has 2 aromatic heterocycles. The Morgan fingerprint density at radius 2 is 2.19 bits per heavy atom. The van der Waals surface area contributed by atoms with Crippen molar-refractivity contribution in [2.75, 3.05) is 6.54 Å². The highest BCUT2D eigenvalue weighted by molar-refractivity contribution is 7.17. The van der Waals surface area contributed by atoms with E-state index in [4.69, 9.17) is 9.15 Å². The van der Waals surface area contributed by atoms with Crippen molar-refractivity contribution in [1.82, 2.24) is 5.32 Å². The Kier molecular flexibility index (Phi) is 4.19.